The number of halogens is 2. The number of hydrogen-bond donors (Lipinski definition) is 5. The number of piperidine rings is 1. The van der Waals surface area contributed by atoms with E-state index in [9.17, 15) is 32.4 Å². The molecule has 5 amide bonds. The number of anilines is 3. The highest BCUT2D eigenvalue weighted by Crippen LogP contribution is 2.37. The Labute approximate surface area is 361 Å². The molecule has 4 heterocycles. The monoisotopic (exact) mass is 896 g/mol. The molecule has 5 N–H and O–H groups in total. The molecular weight excluding hydrogens is 851 g/mol. The van der Waals surface area contributed by atoms with Crippen molar-refractivity contribution in [3.05, 3.63) is 70.8 Å². The average molecular weight is 897 g/mol. The van der Waals surface area contributed by atoms with E-state index in [2.05, 4.69) is 41.1 Å². The maximum atomic E-state index is 15.7. The van der Waals surface area contributed by atoms with Gasteiger partial charge in [0, 0.05) is 72.2 Å². The molecule has 2 aromatic heterocycles. The Hall–Kier alpha value is -6.03. The Morgan fingerprint density at radius 1 is 0.984 bits per heavy atom. The van der Waals surface area contributed by atoms with Gasteiger partial charge in [-0.25, -0.2) is 22.8 Å². The maximum Gasteiger partial charge on any atom is 0.264 e. The van der Waals surface area contributed by atoms with Gasteiger partial charge >= 0.3 is 0 Å². The van der Waals surface area contributed by atoms with Crippen LogP contribution < -0.4 is 26.0 Å². The number of carbonyl (C=O) groups is 5. The minimum Gasteiger partial charge on any atom is -0.382 e. The molecule has 2 unspecified atom stereocenters. The summed E-state index contributed by atoms with van der Waals surface area (Å²) in [5.74, 6) is -3.17. The molecule has 62 heavy (non-hydrogen) atoms. The minimum atomic E-state index is -3.81. The Bertz CT molecular complexity index is 2490. The highest BCUT2D eigenvalue weighted by atomic mass is 35.5. The molecule has 2 atom stereocenters. The van der Waals surface area contributed by atoms with E-state index >= 15 is 4.39 Å². The van der Waals surface area contributed by atoms with Gasteiger partial charge in [-0.3, -0.25) is 43.6 Å². The first-order valence-electron chi connectivity index (χ1n) is 19.7. The van der Waals surface area contributed by atoms with Crippen molar-refractivity contribution in [2.75, 3.05) is 61.1 Å². The number of fused-ring (bicyclic) bond motifs is 1. The maximum absolute atomic E-state index is 15.7. The number of nitrogens with zero attached hydrogens (tertiary/aromatic N) is 5. The molecule has 19 nitrogen and oxygen atoms in total. The quantitative estimate of drug-likeness (QED) is 0.0629. The van der Waals surface area contributed by atoms with E-state index in [-0.39, 0.29) is 109 Å². The second-order valence-corrected chi connectivity index (χ2v) is 17.0. The number of benzene rings is 2. The number of ether oxygens (including phenoxy) is 2. The number of imide groups is 2. The summed E-state index contributed by atoms with van der Waals surface area (Å²) < 4.78 is 54.5. The third-order valence-electron chi connectivity index (χ3n) is 9.63. The Morgan fingerprint density at radius 2 is 1.74 bits per heavy atom. The summed E-state index contributed by atoms with van der Waals surface area (Å²) in [5.41, 5.74) is 1.46. The molecule has 330 valence electrons. The van der Waals surface area contributed by atoms with E-state index < -0.39 is 45.5 Å². The smallest absolute Gasteiger partial charge is 0.264 e. The topological polar surface area (TPSA) is 245 Å². The van der Waals surface area contributed by atoms with Crippen LogP contribution in [0.1, 0.15) is 66.8 Å². The standard InChI is InChI=1S/C40H46ClFN10O9S/c1-22(2)51-21-27(36(49-51)26-18-24(41)19-30(35(26)42)50-62(4,58)59)28-10-12-44-40(47-28)45-20-23(3)46-33(54)11-14-60-16-17-61-15-13-43-29-7-5-6-25-34(29)39(57)52(38(25)56)31-8-9-32(53)48-37(31)55/h5-7,10,12,18-19,21-23,31,43,50H,8-9,11,13-17,20H2,1-4H3,(H,46,54)(H,44,45,47)(H,48,53,55). The zero-order valence-corrected chi connectivity index (χ0v) is 35.9. The van der Waals surface area contributed by atoms with Crippen LogP contribution in [-0.4, -0.2) is 120 Å². The van der Waals surface area contributed by atoms with Crippen LogP contribution in [0, 0.1) is 5.82 Å². The number of sulfonamides is 1. The van der Waals surface area contributed by atoms with Gasteiger partial charge in [0.05, 0.1) is 55.2 Å². The lowest BCUT2D eigenvalue weighted by Gasteiger charge is -2.27. The highest BCUT2D eigenvalue weighted by Gasteiger charge is 2.45. The molecule has 0 bridgehead atoms. The summed E-state index contributed by atoms with van der Waals surface area (Å²) in [5, 5.41) is 16.0. The van der Waals surface area contributed by atoms with Crippen LogP contribution >= 0.6 is 11.6 Å². The van der Waals surface area contributed by atoms with Crippen molar-refractivity contribution in [1.82, 2.24) is 35.3 Å². The van der Waals surface area contributed by atoms with Crippen molar-refractivity contribution in [2.45, 2.75) is 58.2 Å². The van der Waals surface area contributed by atoms with Crippen molar-refractivity contribution in [3.63, 3.8) is 0 Å². The van der Waals surface area contributed by atoms with Crippen molar-refractivity contribution >= 4 is 68.5 Å². The molecule has 0 saturated carbocycles. The fourth-order valence-electron chi connectivity index (χ4n) is 6.72. The lowest BCUT2D eigenvalue weighted by molar-refractivity contribution is -0.136. The molecule has 4 aromatic rings. The summed E-state index contributed by atoms with van der Waals surface area (Å²) in [7, 11) is -3.81. The van der Waals surface area contributed by atoms with Crippen molar-refractivity contribution in [1.29, 1.82) is 0 Å². The molecule has 2 aromatic carbocycles. The van der Waals surface area contributed by atoms with Crippen LogP contribution in [0.15, 0.2) is 48.8 Å². The van der Waals surface area contributed by atoms with Gasteiger partial charge in [0.2, 0.25) is 33.7 Å². The average Bonchev–Trinajstić information content (AvgIpc) is 3.77. The van der Waals surface area contributed by atoms with Gasteiger partial charge in [-0.05, 0) is 57.5 Å². The second-order valence-electron chi connectivity index (χ2n) is 14.8. The third kappa shape index (κ3) is 11.1. The predicted molar refractivity (Wildman–Crippen MR) is 226 cm³/mol. The molecule has 0 spiro atoms. The normalized spacial score (nSPS) is 15.7. The zero-order valence-electron chi connectivity index (χ0n) is 34.3. The van der Waals surface area contributed by atoms with Gasteiger partial charge in [0.25, 0.3) is 11.8 Å². The summed E-state index contributed by atoms with van der Waals surface area (Å²) in [4.78, 5) is 72.6. The molecule has 6 rings (SSSR count). The van der Waals surface area contributed by atoms with Crippen molar-refractivity contribution < 1.29 is 46.3 Å². The number of nitrogens with one attached hydrogen (secondary N) is 5. The molecule has 2 aliphatic rings. The van der Waals surface area contributed by atoms with Crippen molar-refractivity contribution in [2.24, 2.45) is 0 Å². The lowest BCUT2D eigenvalue weighted by Crippen LogP contribution is -2.54. The summed E-state index contributed by atoms with van der Waals surface area (Å²) >= 11 is 6.28. The number of aromatic nitrogens is 4. The van der Waals surface area contributed by atoms with E-state index in [1.807, 2.05) is 13.8 Å². The SMILES string of the molecule is CC(CNc1nccc(-c2cn(C(C)C)nc2-c2cc(Cl)cc(NS(C)(=O)=O)c2F)n1)NC(=O)CCOCCOCCNc1cccc2c1C(=O)N(C1CCC(=O)NC1=O)C2=O. The van der Waals surface area contributed by atoms with Gasteiger partial charge in [0.1, 0.15) is 11.7 Å². The second kappa shape index (κ2) is 19.8. The molecular formula is C40H46ClFN10O9S. The number of hydrogen-bond acceptors (Lipinski definition) is 14. The first kappa shape index (κ1) is 45.5. The van der Waals surface area contributed by atoms with E-state index in [0.29, 0.717) is 23.5 Å². The van der Waals surface area contributed by atoms with Crippen LogP contribution in [0.4, 0.5) is 21.7 Å². The largest absolute Gasteiger partial charge is 0.382 e. The molecule has 22 heteroatoms. The highest BCUT2D eigenvalue weighted by molar-refractivity contribution is 7.92. The first-order valence-corrected chi connectivity index (χ1v) is 21.9. The van der Waals surface area contributed by atoms with Crippen LogP contribution in [0.5, 0.6) is 0 Å². The van der Waals surface area contributed by atoms with Gasteiger partial charge < -0.3 is 25.4 Å². The Balaban J connectivity index is 0.916. The first-order chi connectivity index (χ1) is 29.5. The third-order valence-corrected chi connectivity index (χ3v) is 10.4. The van der Waals surface area contributed by atoms with Crippen LogP contribution in [-0.2, 0) is 33.9 Å². The summed E-state index contributed by atoms with van der Waals surface area (Å²) in [6.45, 7) is 7.05. The summed E-state index contributed by atoms with van der Waals surface area (Å²) in [6, 6.07) is 7.49. The van der Waals surface area contributed by atoms with E-state index in [4.69, 9.17) is 21.1 Å². The minimum absolute atomic E-state index is 0.0261. The van der Waals surface area contributed by atoms with Gasteiger partial charge in [-0.1, -0.05) is 17.7 Å². The summed E-state index contributed by atoms with van der Waals surface area (Å²) in [6.07, 6.45) is 4.33. The van der Waals surface area contributed by atoms with Gasteiger partial charge in [-0.2, -0.15) is 5.10 Å². The van der Waals surface area contributed by atoms with Gasteiger partial charge in [-0.15, -0.1) is 0 Å². The van der Waals surface area contributed by atoms with E-state index in [0.717, 1.165) is 11.2 Å². The van der Waals surface area contributed by atoms with Crippen molar-refractivity contribution in [3.8, 4) is 22.5 Å². The van der Waals surface area contributed by atoms with Crippen LogP contribution in [0.25, 0.3) is 22.5 Å². The molecule has 2 aliphatic heterocycles. The number of rotatable bonds is 20. The lowest BCUT2D eigenvalue weighted by atomic mass is 10.0. The van der Waals surface area contributed by atoms with E-state index in [1.54, 1.807) is 36.0 Å². The zero-order chi connectivity index (χ0) is 44.7. The fourth-order valence-corrected chi connectivity index (χ4v) is 7.49. The molecule has 0 radical (unpaired) electrons. The fraction of sp³-hybridized carbons (Fsp3) is 0.400. The predicted octanol–water partition coefficient (Wildman–Crippen LogP) is 3.61. The van der Waals surface area contributed by atoms with Gasteiger partial charge in [0.15, 0.2) is 5.82 Å². The molecule has 1 fully saturated rings. The molecule has 1 saturated heterocycles. The molecule has 0 aliphatic carbocycles. The van der Waals surface area contributed by atoms with Crippen LogP contribution in [0.3, 0.4) is 0 Å². The van der Waals surface area contributed by atoms with E-state index in [1.165, 1.54) is 24.4 Å². The Morgan fingerprint density at radius 3 is 2.47 bits per heavy atom. The van der Waals surface area contributed by atoms with Crippen LogP contribution in [0.2, 0.25) is 5.02 Å². The number of amides is 5. The number of carbonyl (C=O) groups excluding carboxylic acids is 5. The Kier molecular flexibility index (Phi) is 14.5.